The molecule has 0 aliphatic rings. The van der Waals surface area contributed by atoms with Crippen LogP contribution in [0.25, 0.3) is 0 Å². The number of carbonyl (C=O) groups is 2. The first-order valence-corrected chi connectivity index (χ1v) is 3.43. The molecule has 0 fully saturated rings. The molecule has 0 aliphatic carbocycles. The van der Waals surface area contributed by atoms with Crippen LogP contribution in [-0.2, 0) is 0 Å². The SMILES string of the molecule is O=C(O)c1ccc(N[14C](=O)O)cc1. The topological polar surface area (TPSA) is 86.6 Å². The Balaban J connectivity index is 2.81. The molecule has 0 atom stereocenters. The van der Waals surface area contributed by atoms with Crippen molar-refractivity contribution in [3.05, 3.63) is 29.8 Å². The molecule has 1 aromatic rings. The molecule has 0 radical (unpaired) electrons. The second-order valence-corrected chi connectivity index (χ2v) is 2.31. The zero-order valence-electron chi connectivity index (χ0n) is 6.52. The Morgan fingerprint density at radius 1 is 1.31 bits per heavy atom. The predicted molar refractivity (Wildman–Crippen MR) is 45.0 cm³/mol. The van der Waals surface area contributed by atoms with Crippen molar-refractivity contribution in [2.24, 2.45) is 0 Å². The van der Waals surface area contributed by atoms with Gasteiger partial charge in [-0.15, -0.1) is 0 Å². The summed E-state index contributed by atoms with van der Waals surface area (Å²) < 4.78 is 0. The molecular weight excluding hydrogens is 176 g/mol. The maximum Gasteiger partial charge on any atom is 0.409 e. The van der Waals surface area contributed by atoms with E-state index in [0.717, 1.165) is 0 Å². The maximum absolute atomic E-state index is 10.4. The lowest BCUT2D eigenvalue weighted by Gasteiger charge is -1.99. The Morgan fingerprint density at radius 3 is 2.23 bits per heavy atom. The zero-order chi connectivity index (χ0) is 9.84. The highest BCUT2D eigenvalue weighted by molar-refractivity contribution is 5.89. The summed E-state index contributed by atoms with van der Waals surface area (Å²) in [5, 5.41) is 18.9. The highest BCUT2D eigenvalue weighted by atomic mass is 16.7. The molecule has 13 heavy (non-hydrogen) atoms. The van der Waals surface area contributed by atoms with Crippen LogP contribution in [0.1, 0.15) is 10.4 Å². The standard InChI is InChI=1S/C8H7NO4/c10-7(11)5-1-3-6(4-2-5)9-8(12)13/h1-4,9H,(H,10,11)(H,12,13)/i8+2. The third-order valence-electron chi connectivity index (χ3n) is 1.38. The maximum atomic E-state index is 10.4. The molecule has 0 unspecified atom stereocenters. The largest absolute Gasteiger partial charge is 0.478 e. The van der Waals surface area contributed by atoms with E-state index >= 15 is 0 Å². The van der Waals surface area contributed by atoms with E-state index in [1.165, 1.54) is 24.3 Å². The van der Waals surface area contributed by atoms with Crippen molar-refractivity contribution in [1.82, 2.24) is 0 Å². The van der Waals surface area contributed by atoms with Crippen molar-refractivity contribution in [3.63, 3.8) is 0 Å². The summed E-state index contributed by atoms with van der Waals surface area (Å²) in [4.78, 5) is 20.6. The number of carboxylic acid groups (broad SMARTS) is 2. The van der Waals surface area contributed by atoms with E-state index in [2.05, 4.69) is 5.32 Å². The van der Waals surface area contributed by atoms with Crippen LogP contribution in [0.5, 0.6) is 0 Å². The summed E-state index contributed by atoms with van der Waals surface area (Å²) in [6, 6.07) is 5.43. The Kier molecular flexibility index (Phi) is 2.49. The van der Waals surface area contributed by atoms with Gasteiger partial charge in [0.2, 0.25) is 0 Å². The molecule has 0 spiro atoms. The van der Waals surface area contributed by atoms with Crippen molar-refractivity contribution < 1.29 is 19.8 Å². The lowest BCUT2D eigenvalue weighted by atomic mass is 10.2. The van der Waals surface area contributed by atoms with Gasteiger partial charge in [0.25, 0.3) is 0 Å². The molecule has 0 saturated carbocycles. The Bertz CT molecular complexity index is 331. The van der Waals surface area contributed by atoms with Gasteiger partial charge in [-0.25, -0.2) is 9.59 Å². The first-order valence-electron chi connectivity index (χ1n) is 3.43. The average Bonchev–Trinajstić information content (AvgIpc) is 2.04. The molecule has 68 valence electrons. The molecule has 0 heterocycles. The number of carboxylic acids is 1. The van der Waals surface area contributed by atoms with Gasteiger partial charge in [-0.2, -0.15) is 0 Å². The van der Waals surface area contributed by atoms with Gasteiger partial charge in [0.05, 0.1) is 5.56 Å². The van der Waals surface area contributed by atoms with Crippen LogP contribution in [0.3, 0.4) is 0 Å². The highest BCUT2D eigenvalue weighted by Crippen LogP contribution is 2.08. The second-order valence-electron chi connectivity index (χ2n) is 2.31. The Morgan fingerprint density at radius 2 is 1.85 bits per heavy atom. The third-order valence-corrected chi connectivity index (χ3v) is 1.38. The van der Waals surface area contributed by atoms with Crippen molar-refractivity contribution >= 4 is 17.7 Å². The summed E-state index contributed by atoms with van der Waals surface area (Å²) in [6.07, 6.45) is -1.18. The minimum atomic E-state index is -1.18. The van der Waals surface area contributed by atoms with Crippen LogP contribution in [-0.4, -0.2) is 22.3 Å². The molecule has 0 bridgehead atoms. The van der Waals surface area contributed by atoms with Gasteiger partial charge in [-0.05, 0) is 24.3 Å². The smallest absolute Gasteiger partial charge is 0.409 e. The number of amides is 1. The zero-order valence-corrected chi connectivity index (χ0v) is 6.52. The summed E-state index contributed by atoms with van der Waals surface area (Å²) in [6.45, 7) is 0. The van der Waals surface area contributed by atoms with E-state index < -0.39 is 12.1 Å². The van der Waals surface area contributed by atoms with E-state index in [-0.39, 0.29) is 5.56 Å². The first kappa shape index (κ1) is 9.05. The monoisotopic (exact) mass is 183 g/mol. The van der Waals surface area contributed by atoms with Crippen molar-refractivity contribution in [1.29, 1.82) is 0 Å². The van der Waals surface area contributed by atoms with E-state index in [9.17, 15) is 9.59 Å². The quantitative estimate of drug-likeness (QED) is 0.647. The summed E-state index contributed by atoms with van der Waals surface area (Å²) in [7, 11) is 0. The Hall–Kier alpha value is -2.04. The molecule has 0 saturated heterocycles. The predicted octanol–water partition coefficient (Wildman–Crippen LogP) is 1.47. The molecule has 0 aromatic heterocycles. The van der Waals surface area contributed by atoms with Gasteiger partial charge < -0.3 is 10.2 Å². The molecule has 0 aliphatic heterocycles. The average molecular weight is 183 g/mol. The number of hydrogen-bond acceptors (Lipinski definition) is 2. The van der Waals surface area contributed by atoms with Gasteiger partial charge >= 0.3 is 12.1 Å². The van der Waals surface area contributed by atoms with Crippen LogP contribution < -0.4 is 5.32 Å². The van der Waals surface area contributed by atoms with Crippen LogP contribution in [0.4, 0.5) is 10.5 Å². The highest BCUT2D eigenvalue weighted by Gasteiger charge is 2.02. The fourth-order valence-electron chi connectivity index (χ4n) is 0.820. The van der Waals surface area contributed by atoms with E-state index in [4.69, 9.17) is 10.2 Å². The molecule has 5 heteroatoms. The van der Waals surface area contributed by atoms with Crippen LogP contribution >= 0.6 is 0 Å². The van der Waals surface area contributed by atoms with E-state index in [1.54, 1.807) is 0 Å². The number of aromatic carboxylic acids is 1. The number of hydrogen-bond donors (Lipinski definition) is 3. The molecule has 5 nitrogen and oxygen atoms in total. The lowest BCUT2D eigenvalue weighted by molar-refractivity contribution is 0.0697. The minimum absolute atomic E-state index is 0.121. The van der Waals surface area contributed by atoms with Gasteiger partial charge in [0, 0.05) is 5.69 Å². The summed E-state index contributed by atoms with van der Waals surface area (Å²) in [5.74, 6) is -1.04. The second kappa shape index (κ2) is 3.57. The molecule has 1 rings (SSSR count). The third kappa shape index (κ3) is 2.48. The van der Waals surface area contributed by atoms with Gasteiger partial charge in [-0.3, -0.25) is 5.32 Å². The van der Waals surface area contributed by atoms with Crippen molar-refractivity contribution in [2.45, 2.75) is 0 Å². The fraction of sp³-hybridized carbons (Fsp3) is 0. The first-order chi connectivity index (χ1) is 6.09. The van der Waals surface area contributed by atoms with Gasteiger partial charge in [-0.1, -0.05) is 0 Å². The number of nitrogens with one attached hydrogen (secondary N) is 1. The molecule has 1 amide bonds. The number of anilines is 1. The van der Waals surface area contributed by atoms with Crippen molar-refractivity contribution in [3.8, 4) is 0 Å². The normalized spacial score (nSPS) is 9.23. The summed E-state index contributed by atoms with van der Waals surface area (Å²) in [5.41, 5.74) is 0.466. The Labute approximate surface area is 73.6 Å². The minimum Gasteiger partial charge on any atom is -0.478 e. The summed E-state index contributed by atoms with van der Waals surface area (Å²) >= 11 is 0. The van der Waals surface area contributed by atoms with Crippen LogP contribution in [0, 0.1) is 0 Å². The van der Waals surface area contributed by atoms with Crippen molar-refractivity contribution in [2.75, 3.05) is 5.32 Å². The number of rotatable bonds is 2. The van der Waals surface area contributed by atoms with E-state index in [1.807, 2.05) is 0 Å². The number of benzene rings is 1. The van der Waals surface area contributed by atoms with E-state index in [0.29, 0.717) is 5.69 Å². The van der Waals surface area contributed by atoms with Crippen LogP contribution in [0.15, 0.2) is 24.3 Å². The van der Waals surface area contributed by atoms with Crippen LogP contribution in [0.2, 0.25) is 0 Å². The fourth-order valence-corrected chi connectivity index (χ4v) is 0.820. The lowest BCUT2D eigenvalue weighted by Crippen LogP contribution is -2.07. The van der Waals surface area contributed by atoms with Gasteiger partial charge in [0.1, 0.15) is 0 Å². The van der Waals surface area contributed by atoms with Gasteiger partial charge in [0.15, 0.2) is 0 Å². The molecule has 3 N–H and O–H groups in total. The molecular formula is C8H7NO4. The molecule has 1 aromatic carbocycles.